The lowest BCUT2D eigenvalue weighted by Crippen LogP contribution is -2.14. The third-order valence-electron chi connectivity index (χ3n) is 3.33. The summed E-state index contributed by atoms with van der Waals surface area (Å²) in [5, 5.41) is 0. The van der Waals surface area contributed by atoms with Crippen LogP contribution in [-0.4, -0.2) is 7.28 Å². The van der Waals surface area contributed by atoms with Crippen molar-refractivity contribution in [3.63, 3.8) is 0 Å². The van der Waals surface area contributed by atoms with Gasteiger partial charge in [0.1, 0.15) is 7.28 Å². The van der Waals surface area contributed by atoms with Gasteiger partial charge in [0, 0.05) is 5.92 Å². The summed E-state index contributed by atoms with van der Waals surface area (Å²) < 4.78 is 0. The molecule has 0 aliphatic rings. The Kier molecular flexibility index (Phi) is 8.54. The van der Waals surface area contributed by atoms with Crippen LogP contribution in [0.5, 0.6) is 0 Å². The lowest BCUT2D eigenvalue weighted by Gasteiger charge is -2.24. The molecule has 0 aromatic carbocycles. The second-order valence-electron chi connectivity index (χ2n) is 5.48. The van der Waals surface area contributed by atoms with Gasteiger partial charge in [0.2, 0.25) is 0 Å². The zero-order valence-electron chi connectivity index (χ0n) is 12.0. The fourth-order valence-electron chi connectivity index (χ4n) is 2.46. The average Bonchev–Trinajstić information content (AvgIpc) is 2.17. The summed E-state index contributed by atoms with van der Waals surface area (Å²) in [5.41, 5.74) is 0. The van der Waals surface area contributed by atoms with Crippen molar-refractivity contribution >= 4 is 7.28 Å². The minimum absolute atomic E-state index is 0.554. The van der Waals surface area contributed by atoms with Crippen LogP contribution in [0.25, 0.3) is 0 Å². The van der Waals surface area contributed by atoms with E-state index in [1.54, 1.807) is 0 Å². The molecule has 0 fully saturated rings. The van der Waals surface area contributed by atoms with Crippen molar-refractivity contribution < 1.29 is 0 Å². The molecular weight excluding hydrogens is 191 g/mol. The van der Waals surface area contributed by atoms with Gasteiger partial charge in [0.25, 0.3) is 0 Å². The maximum atomic E-state index is 3.24. The second kappa shape index (κ2) is 8.74. The van der Waals surface area contributed by atoms with Crippen LogP contribution in [-0.2, 0) is 0 Å². The van der Waals surface area contributed by atoms with Crippen molar-refractivity contribution in [2.45, 2.75) is 66.5 Å². The molecule has 1 heteroatoms. The minimum Gasteiger partial charge on any atom is -0.106 e. The Labute approximate surface area is 104 Å². The van der Waals surface area contributed by atoms with Crippen LogP contribution >= 0.6 is 0 Å². The fourth-order valence-corrected chi connectivity index (χ4v) is 2.46. The fraction of sp³-hybridized carbons (Fsp3) is 0.867. The topological polar surface area (TPSA) is 0 Å². The van der Waals surface area contributed by atoms with E-state index in [-0.39, 0.29) is 0 Å². The van der Waals surface area contributed by atoms with Gasteiger partial charge in [-0.05, 0) is 31.6 Å². The largest absolute Gasteiger partial charge is 0.110 e. The zero-order valence-corrected chi connectivity index (χ0v) is 12.0. The molecule has 3 atom stereocenters. The van der Waals surface area contributed by atoms with Crippen LogP contribution in [0, 0.1) is 29.6 Å². The van der Waals surface area contributed by atoms with Crippen LogP contribution in [0.1, 0.15) is 53.9 Å². The minimum atomic E-state index is 0.554. The highest BCUT2D eigenvalue weighted by Gasteiger charge is 2.17. The summed E-state index contributed by atoms with van der Waals surface area (Å²) in [6.45, 7) is 13.4. The molecule has 16 heavy (non-hydrogen) atoms. The van der Waals surface area contributed by atoms with Crippen LogP contribution in [0.4, 0.5) is 0 Å². The maximum Gasteiger partial charge on any atom is 0.110 e. The molecule has 0 saturated carbocycles. The van der Waals surface area contributed by atoms with E-state index in [9.17, 15) is 0 Å². The van der Waals surface area contributed by atoms with Gasteiger partial charge < -0.3 is 0 Å². The second-order valence-corrected chi connectivity index (χ2v) is 5.48. The molecule has 0 aromatic rings. The zero-order chi connectivity index (χ0) is 12.6. The summed E-state index contributed by atoms with van der Waals surface area (Å²) in [6, 6.07) is 0. The van der Waals surface area contributed by atoms with Gasteiger partial charge in [-0.15, -0.1) is 11.8 Å². The molecule has 0 nitrogen and oxygen atoms in total. The molecular formula is C15H28B. The van der Waals surface area contributed by atoms with Gasteiger partial charge in [0.15, 0.2) is 0 Å². The molecule has 0 heterocycles. The van der Waals surface area contributed by atoms with Gasteiger partial charge >= 0.3 is 0 Å². The maximum absolute atomic E-state index is 3.24. The van der Waals surface area contributed by atoms with Crippen molar-refractivity contribution in [3.8, 4) is 11.8 Å². The van der Waals surface area contributed by atoms with Gasteiger partial charge in [-0.25, -0.2) is 0 Å². The van der Waals surface area contributed by atoms with Crippen LogP contribution < -0.4 is 0 Å². The van der Waals surface area contributed by atoms with Crippen molar-refractivity contribution in [2.24, 2.45) is 17.8 Å². The highest BCUT2D eigenvalue weighted by Crippen LogP contribution is 2.29. The van der Waals surface area contributed by atoms with E-state index < -0.39 is 0 Å². The van der Waals surface area contributed by atoms with Gasteiger partial charge in [-0.2, -0.15) is 0 Å². The van der Waals surface area contributed by atoms with Crippen molar-refractivity contribution in [3.05, 3.63) is 0 Å². The Morgan fingerprint density at radius 3 is 2.12 bits per heavy atom. The molecule has 3 unspecified atom stereocenters. The Balaban J connectivity index is 4.02. The number of hydrogen-bond acceptors (Lipinski definition) is 0. The van der Waals surface area contributed by atoms with Gasteiger partial charge in [0.05, 0.1) is 0 Å². The molecule has 0 rings (SSSR count). The SMILES string of the molecule is C[B]C(CCC(C)C#CC)C(C)CC(C)C. The highest BCUT2D eigenvalue weighted by molar-refractivity contribution is 6.35. The van der Waals surface area contributed by atoms with E-state index in [4.69, 9.17) is 0 Å². The predicted molar refractivity (Wildman–Crippen MR) is 75.8 cm³/mol. The standard InChI is InChI=1S/C15H28B/c1-7-8-13(4)9-10-15(16-6)14(5)11-12(2)3/h12-15H,9-11H2,1-6H3. The molecule has 0 amide bonds. The molecule has 0 aromatic heterocycles. The summed E-state index contributed by atoms with van der Waals surface area (Å²) in [7, 11) is 2.39. The monoisotopic (exact) mass is 219 g/mol. The van der Waals surface area contributed by atoms with Crippen LogP contribution in [0.3, 0.4) is 0 Å². The molecule has 0 spiro atoms. The third-order valence-corrected chi connectivity index (χ3v) is 3.33. The van der Waals surface area contributed by atoms with Crippen molar-refractivity contribution in [1.82, 2.24) is 0 Å². The molecule has 0 bridgehead atoms. The lowest BCUT2D eigenvalue weighted by molar-refractivity contribution is 0.392. The first-order chi connectivity index (χ1) is 7.51. The van der Waals surface area contributed by atoms with E-state index in [0.717, 1.165) is 17.7 Å². The summed E-state index contributed by atoms with van der Waals surface area (Å²) in [4.78, 5) is 0. The van der Waals surface area contributed by atoms with E-state index >= 15 is 0 Å². The van der Waals surface area contributed by atoms with Gasteiger partial charge in [-0.1, -0.05) is 46.8 Å². The van der Waals surface area contributed by atoms with Crippen LogP contribution in [0.15, 0.2) is 0 Å². The van der Waals surface area contributed by atoms with E-state index in [1.807, 2.05) is 6.92 Å². The molecule has 0 aliphatic carbocycles. The van der Waals surface area contributed by atoms with E-state index in [1.165, 1.54) is 19.3 Å². The van der Waals surface area contributed by atoms with Gasteiger partial charge in [-0.3, -0.25) is 0 Å². The molecule has 1 radical (unpaired) electrons. The molecule has 0 saturated heterocycles. The van der Waals surface area contributed by atoms with Crippen molar-refractivity contribution in [2.75, 3.05) is 0 Å². The average molecular weight is 219 g/mol. The highest BCUT2D eigenvalue weighted by atomic mass is 14.2. The first-order valence-electron chi connectivity index (χ1n) is 6.73. The Hall–Kier alpha value is -0.375. The normalized spacial score (nSPS) is 16.2. The number of hydrogen-bond donors (Lipinski definition) is 0. The molecule has 91 valence electrons. The molecule has 0 aliphatic heterocycles. The Morgan fingerprint density at radius 1 is 1.06 bits per heavy atom. The first kappa shape index (κ1) is 15.6. The summed E-state index contributed by atoms with van der Waals surface area (Å²) in [5.74, 6) is 9.19. The Morgan fingerprint density at radius 2 is 1.69 bits per heavy atom. The molecule has 0 N–H and O–H groups in total. The first-order valence-corrected chi connectivity index (χ1v) is 6.73. The number of rotatable bonds is 7. The quantitative estimate of drug-likeness (QED) is 0.432. The third kappa shape index (κ3) is 6.99. The van der Waals surface area contributed by atoms with Crippen molar-refractivity contribution in [1.29, 1.82) is 0 Å². The summed E-state index contributed by atoms with van der Waals surface area (Å²) in [6.07, 6.45) is 3.86. The smallest absolute Gasteiger partial charge is 0.106 e. The van der Waals surface area contributed by atoms with E-state index in [0.29, 0.717) is 5.92 Å². The predicted octanol–water partition coefficient (Wildman–Crippen LogP) is 4.65. The van der Waals surface area contributed by atoms with E-state index in [2.05, 4.69) is 53.6 Å². The Bertz CT molecular complexity index is 221. The van der Waals surface area contributed by atoms with Crippen LogP contribution in [0.2, 0.25) is 12.6 Å². The lowest BCUT2D eigenvalue weighted by atomic mass is 9.58. The summed E-state index contributed by atoms with van der Waals surface area (Å²) >= 11 is 0.